The summed E-state index contributed by atoms with van der Waals surface area (Å²) < 4.78 is 0. The third-order valence-corrected chi connectivity index (χ3v) is 3.21. The van der Waals surface area contributed by atoms with Crippen LogP contribution in [-0.4, -0.2) is 28.0 Å². The molecule has 0 bridgehead atoms. The van der Waals surface area contributed by atoms with Gasteiger partial charge >= 0.3 is 0 Å². The van der Waals surface area contributed by atoms with E-state index in [1.807, 2.05) is 6.07 Å². The molecular weight excluding hydrogens is 202 g/mol. The minimum Gasteiger partial charge on any atom is -0.392 e. The van der Waals surface area contributed by atoms with E-state index in [2.05, 4.69) is 36.3 Å². The number of aliphatic hydroxyl groups is 1. The average molecular weight is 225 g/mol. The molecule has 3 N–H and O–H groups in total. The van der Waals surface area contributed by atoms with Crippen LogP contribution in [0.3, 0.4) is 0 Å². The summed E-state index contributed by atoms with van der Waals surface area (Å²) in [4.78, 5) is 0. The minimum absolute atomic E-state index is 0.200. The van der Waals surface area contributed by atoms with Gasteiger partial charge < -0.3 is 10.4 Å². The van der Waals surface area contributed by atoms with Gasteiger partial charge in [0.15, 0.2) is 0 Å². The zero-order valence-electron chi connectivity index (χ0n) is 10.4. The number of aromatic nitrogens is 2. The van der Waals surface area contributed by atoms with Gasteiger partial charge in [-0.15, -0.1) is 0 Å². The highest BCUT2D eigenvalue weighted by molar-refractivity contribution is 5.02. The van der Waals surface area contributed by atoms with E-state index in [0.29, 0.717) is 12.5 Å². The molecule has 0 radical (unpaired) electrons. The lowest BCUT2D eigenvalue weighted by Gasteiger charge is -2.22. The maximum absolute atomic E-state index is 9.97. The van der Waals surface area contributed by atoms with Crippen LogP contribution in [-0.2, 0) is 0 Å². The molecule has 4 nitrogen and oxygen atoms in total. The number of hydrogen-bond donors (Lipinski definition) is 3. The van der Waals surface area contributed by atoms with Crippen molar-refractivity contribution in [3.63, 3.8) is 0 Å². The highest BCUT2D eigenvalue weighted by Crippen LogP contribution is 2.14. The fraction of sp³-hybridized carbons (Fsp3) is 0.750. The number of H-pyrrole nitrogens is 1. The molecule has 1 aromatic heterocycles. The Balaban J connectivity index is 2.34. The maximum atomic E-state index is 9.97. The second-order valence-corrected chi connectivity index (χ2v) is 4.29. The fourth-order valence-electron chi connectivity index (χ4n) is 1.91. The maximum Gasteiger partial charge on any atom is 0.0692 e. The molecule has 0 aliphatic heterocycles. The molecule has 1 rings (SSSR count). The molecule has 92 valence electrons. The number of rotatable bonds is 7. The van der Waals surface area contributed by atoms with Gasteiger partial charge in [0.1, 0.15) is 0 Å². The summed E-state index contributed by atoms with van der Waals surface area (Å²) in [6.07, 6.45) is 3.53. The van der Waals surface area contributed by atoms with Crippen molar-refractivity contribution in [2.45, 2.75) is 45.8 Å². The van der Waals surface area contributed by atoms with Gasteiger partial charge in [0, 0.05) is 18.8 Å². The summed E-state index contributed by atoms with van der Waals surface area (Å²) in [7, 11) is 0. The Morgan fingerprint density at radius 1 is 1.44 bits per heavy atom. The Hall–Kier alpha value is -0.870. The Morgan fingerprint density at radius 2 is 2.12 bits per heavy atom. The predicted molar refractivity (Wildman–Crippen MR) is 65.1 cm³/mol. The van der Waals surface area contributed by atoms with Crippen LogP contribution in [0.2, 0.25) is 0 Å². The third-order valence-electron chi connectivity index (χ3n) is 3.21. The number of nitrogens with one attached hydrogen (secondary N) is 2. The highest BCUT2D eigenvalue weighted by Gasteiger charge is 2.16. The van der Waals surface area contributed by atoms with E-state index in [4.69, 9.17) is 0 Å². The first-order valence-corrected chi connectivity index (χ1v) is 6.09. The van der Waals surface area contributed by atoms with E-state index in [-0.39, 0.29) is 12.1 Å². The van der Waals surface area contributed by atoms with Crippen LogP contribution in [0.15, 0.2) is 12.3 Å². The zero-order valence-corrected chi connectivity index (χ0v) is 10.4. The van der Waals surface area contributed by atoms with Crippen molar-refractivity contribution >= 4 is 0 Å². The Kier molecular flexibility index (Phi) is 5.49. The van der Waals surface area contributed by atoms with E-state index in [0.717, 1.165) is 18.5 Å². The van der Waals surface area contributed by atoms with Crippen LogP contribution in [0.4, 0.5) is 0 Å². The SMILES string of the molecule is CCC(CC)C(O)CNC(C)c1ccn[nH]1. The number of hydrogen-bond acceptors (Lipinski definition) is 3. The highest BCUT2D eigenvalue weighted by atomic mass is 16.3. The van der Waals surface area contributed by atoms with Gasteiger partial charge in [-0.05, 0) is 18.9 Å². The number of aromatic amines is 1. The zero-order chi connectivity index (χ0) is 12.0. The van der Waals surface area contributed by atoms with E-state index in [1.165, 1.54) is 0 Å². The Morgan fingerprint density at radius 3 is 2.62 bits per heavy atom. The summed E-state index contributed by atoms with van der Waals surface area (Å²) in [5, 5.41) is 20.1. The molecule has 2 unspecified atom stereocenters. The molecule has 0 aromatic carbocycles. The summed E-state index contributed by atoms with van der Waals surface area (Å²) in [6.45, 7) is 6.94. The molecule has 0 amide bonds. The Bertz CT molecular complexity index is 270. The van der Waals surface area contributed by atoms with Crippen molar-refractivity contribution in [2.24, 2.45) is 5.92 Å². The van der Waals surface area contributed by atoms with Crippen molar-refractivity contribution in [1.29, 1.82) is 0 Å². The summed E-state index contributed by atoms with van der Waals surface area (Å²) in [6, 6.07) is 2.15. The largest absolute Gasteiger partial charge is 0.392 e. The van der Waals surface area contributed by atoms with Gasteiger partial charge in [0.25, 0.3) is 0 Å². The first kappa shape index (κ1) is 13.2. The molecule has 0 saturated heterocycles. The summed E-state index contributed by atoms with van der Waals surface area (Å²) >= 11 is 0. The summed E-state index contributed by atoms with van der Waals surface area (Å²) in [5.74, 6) is 0.390. The molecule has 0 fully saturated rings. The fourth-order valence-corrected chi connectivity index (χ4v) is 1.91. The Labute approximate surface area is 97.5 Å². The van der Waals surface area contributed by atoms with Gasteiger partial charge in [-0.2, -0.15) is 5.10 Å². The molecule has 0 saturated carbocycles. The third kappa shape index (κ3) is 3.61. The second-order valence-electron chi connectivity index (χ2n) is 4.29. The van der Waals surface area contributed by atoms with Crippen LogP contribution >= 0.6 is 0 Å². The standard InChI is InChI=1S/C12H23N3O/c1-4-10(5-2)12(16)8-13-9(3)11-6-7-14-15-11/h6-7,9-10,12-13,16H,4-5,8H2,1-3H3,(H,14,15). The van der Waals surface area contributed by atoms with Gasteiger partial charge in [-0.3, -0.25) is 5.10 Å². The van der Waals surface area contributed by atoms with E-state index in [9.17, 15) is 5.11 Å². The lowest BCUT2D eigenvalue weighted by molar-refractivity contribution is 0.0987. The predicted octanol–water partition coefficient (Wildman–Crippen LogP) is 1.86. The van der Waals surface area contributed by atoms with Crippen LogP contribution in [0.25, 0.3) is 0 Å². The van der Waals surface area contributed by atoms with Gasteiger partial charge in [0.05, 0.1) is 11.8 Å². The first-order valence-electron chi connectivity index (χ1n) is 6.09. The van der Waals surface area contributed by atoms with Crippen LogP contribution in [0.1, 0.15) is 45.3 Å². The van der Waals surface area contributed by atoms with Crippen molar-refractivity contribution in [3.05, 3.63) is 18.0 Å². The number of aliphatic hydroxyl groups excluding tert-OH is 1. The van der Waals surface area contributed by atoms with E-state index in [1.54, 1.807) is 6.20 Å². The first-order chi connectivity index (χ1) is 7.69. The molecule has 1 heterocycles. The topological polar surface area (TPSA) is 60.9 Å². The van der Waals surface area contributed by atoms with Gasteiger partial charge in [-0.1, -0.05) is 26.7 Å². The molecule has 0 aliphatic rings. The number of nitrogens with zero attached hydrogens (tertiary/aromatic N) is 1. The molecule has 4 heteroatoms. The van der Waals surface area contributed by atoms with E-state index >= 15 is 0 Å². The van der Waals surface area contributed by atoms with Gasteiger partial charge in [-0.25, -0.2) is 0 Å². The van der Waals surface area contributed by atoms with Crippen LogP contribution in [0.5, 0.6) is 0 Å². The quantitative estimate of drug-likeness (QED) is 0.663. The average Bonchev–Trinajstić information content (AvgIpc) is 2.81. The second kappa shape index (κ2) is 6.66. The van der Waals surface area contributed by atoms with Crippen molar-refractivity contribution in [1.82, 2.24) is 15.5 Å². The summed E-state index contributed by atoms with van der Waals surface area (Å²) in [5.41, 5.74) is 1.05. The monoisotopic (exact) mass is 225 g/mol. The van der Waals surface area contributed by atoms with Crippen LogP contribution < -0.4 is 5.32 Å². The lowest BCUT2D eigenvalue weighted by Crippen LogP contribution is -2.34. The molecule has 0 aliphatic carbocycles. The molecule has 0 spiro atoms. The smallest absolute Gasteiger partial charge is 0.0692 e. The molecular formula is C12H23N3O. The normalized spacial score (nSPS) is 15.3. The van der Waals surface area contributed by atoms with Crippen LogP contribution in [0, 0.1) is 5.92 Å². The molecule has 1 aromatic rings. The van der Waals surface area contributed by atoms with Crippen molar-refractivity contribution in [3.8, 4) is 0 Å². The lowest BCUT2D eigenvalue weighted by atomic mass is 9.96. The molecule has 2 atom stereocenters. The van der Waals surface area contributed by atoms with Crippen molar-refractivity contribution in [2.75, 3.05) is 6.54 Å². The molecule has 16 heavy (non-hydrogen) atoms. The van der Waals surface area contributed by atoms with Crippen molar-refractivity contribution < 1.29 is 5.11 Å². The van der Waals surface area contributed by atoms with E-state index < -0.39 is 0 Å². The van der Waals surface area contributed by atoms with Gasteiger partial charge in [0.2, 0.25) is 0 Å². The minimum atomic E-state index is -0.264.